The maximum absolute atomic E-state index is 13.1. The zero-order valence-electron chi connectivity index (χ0n) is 17.5. The number of primary amides is 1. The highest BCUT2D eigenvalue weighted by atomic mass is 16.2. The third kappa shape index (κ3) is 4.14. The van der Waals surface area contributed by atoms with Crippen molar-refractivity contribution in [1.82, 2.24) is 9.47 Å². The molecule has 0 atom stereocenters. The number of aryl methyl sites for hydroxylation is 3. The lowest BCUT2D eigenvalue weighted by molar-refractivity contribution is 0.0733. The molecular weight excluding hydrogens is 390 g/mol. The van der Waals surface area contributed by atoms with Crippen molar-refractivity contribution in [3.05, 3.63) is 105 Å². The largest absolute Gasteiger partial charge is 0.365 e. The van der Waals surface area contributed by atoms with Gasteiger partial charge in [-0.05, 0) is 48.1 Å². The lowest BCUT2D eigenvalue weighted by Crippen LogP contribution is -2.40. The molecule has 1 aliphatic heterocycles. The quantitative estimate of drug-likeness (QED) is 0.695. The Kier molecular flexibility index (Phi) is 5.71. The predicted octanol–water partition coefficient (Wildman–Crippen LogP) is 2.70. The molecule has 0 fully saturated rings. The van der Waals surface area contributed by atoms with Crippen LogP contribution in [0.4, 0.5) is 0 Å². The second-order valence-electron chi connectivity index (χ2n) is 7.90. The molecule has 3 aromatic rings. The minimum Gasteiger partial charge on any atom is -0.365 e. The zero-order valence-corrected chi connectivity index (χ0v) is 17.5. The summed E-state index contributed by atoms with van der Waals surface area (Å²) >= 11 is 0. The smallest absolute Gasteiger partial charge is 0.263 e. The van der Waals surface area contributed by atoms with E-state index in [1.807, 2.05) is 61.5 Å². The number of carbonyl (C=O) groups is 2. The van der Waals surface area contributed by atoms with Gasteiger partial charge in [0.25, 0.3) is 17.4 Å². The molecule has 0 spiro atoms. The molecule has 0 unspecified atom stereocenters. The third-order valence-corrected chi connectivity index (χ3v) is 5.86. The van der Waals surface area contributed by atoms with Gasteiger partial charge >= 0.3 is 0 Å². The van der Waals surface area contributed by atoms with Gasteiger partial charge in [-0.3, -0.25) is 14.4 Å². The van der Waals surface area contributed by atoms with Gasteiger partial charge in [-0.2, -0.15) is 0 Å². The number of carbonyl (C=O) groups excluding carboxylic acids is 2. The maximum atomic E-state index is 13.1. The monoisotopic (exact) mass is 415 g/mol. The number of hydrogen-bond donors (Lipinski definition) is 1. The van der Waals surface area contributed by atoms with Gasteiger partial charge in [0.1, 0.15) is 5.56 Å². The summed E-state index contributed by atoms with van der Waals surface area (Å²) in [5.41, 5.74) is 9.43. The number of pyridine rings is 1. The average Bonchev–Trinajstić information content (AvgIpc) is 2.77. The fourth-order valence-electron chi connectivity index (χ4n) is 4.18. The number of benzene rings is 2. The lowest BCUT2D eigenvalue weighted by Gasteiger charge is -2.30. The van der Waals surface area contributed by atoms with E-state index in [0.717, 1.165) is 16.7 Å². The van der Waals surface area contributed by atoms with E-state index in [2.05, 4.69) is 0 Å². The van der Waals surface area contributed by atoms with E-state index in [4.69, 9.17) is 5.73 Å². The molecule has 0 bridgehead atoms. The van der Waals surface area contributed by atoms with E-state index in [-0.39, 0.29) is 17.0 Å². The van der Waals surface area contributed by atoms with Gasteiger partial charge in [0.2, 0.25) is 0 Å². The lowest BCUT2D eigenvalue weighted by atomic mass is 9.95. The van der Waals surface area contributed by atoms with Crippen LogP contribution >= 0.6 is 0 Å². The highest BCUT2D eigenvalue weighted by Gasteiger charge is 2.28. The van der Waals surface area contributed by atoms with E-state index in [0.29, 0.717) is 43.6 Å². The van der Waals surface area contributed by atoms with Gasteiger partial charge < -0.3 is 15.2 Å². The molecule has 158 valence electrons. The van der Waals surface area contributed by atoms with Crippen LogP contribution in [0.2, 0.25) is 0 Å². The second kappa shape index (κ2) is 8.60. The normalized spacial score (nSPS) is 13.0. The van der Waals surface area contributed by atoms with Gasteiger partial charge in [0, 0.05) is 31.4 Å². The fourth-order valence-corrected chi connectivity index (χ4v) is 4.18. The topological polar surface area (TPSA) is 85.4 Å². The van der Waals surface area contributed by atoms with Crippen LogP contribution in [0.3, 0.4) is 0 Å². The van der Waals surface area contributed by atoms with Crippen LogP contribution in [-0.2, 0) is 25.9 Å². The standard InChI is InChI=1S/C25H25N3O3/c1-17-7-5-6-10-20(17)24(30)27-14-12-21-19(15-27)16-28(25(31)22(21)23(26)29)13-11-18-8-3-2-4-9-18/h2-10,16H,11-15H2,1H3,(H2,26,29). The van der Waals surface area contributed by atoms with Crippen LogP contribution in [0.25, 0.3) is 0 Å². The molecule has 1 aromatic heterocycles. The van der Waals surface area contributed by atoms with Crippen LogP contribution in [0.5, 0.6) is 0 Å². The van der Waals surface area contributed by atoms with Crippen LogP contribution in [0.15, 0.2) is 65.6 Å². The van der Waals surface area contributed by atoms with E-state index in [1.54, 1.807) is 15.7 Å². The van der Waals surface area contributed by atoms with Crippen molar-refractivity contribution in [1.29, 1.82) is 0 Å². The molecule has 31 heavy (non-hydrogen) atoms. The first kappa shape index (κ1) is 20.6. The third-order valence-electron chi connectivity index (χ3n) is 5.86. The number of fused-ring (bicyclic) bond motifs is 1. The summed E-state index contributed by atoms with van der Waals surface area (Å²) in [4.78, 5) is 39.9. The summed E-state index contributed by atoms with van der Waals surface area (Å²) < 4.78 is 1.55. The molecule has 6 heteroatoms. The van der Waals surface area contributed by atoms with Gasteiger partial charge in [-0.15, -0.1) is 0 Å². The molecule has 2 heterocycles. The molecule has 4 rings (SSSR count). The Bertz CT molecular complexity index is 1200. The van der Waals surface area contributed by atoms with E-state index < -0.39 is 5.91 Å². The highest BCUT2D eigenvalue weighted by Crippen LogP contribution is 2.23. The Balaban J connectivity index is 1.66. The Morgan fingerprint density at radius 3 is 2.45 bits per heavy atom. The summed E-state index contributed by atoms with van der Waals surface area (Å²) in [5, 5.41) is 0. The van der Waals surface area contributed by atoms with Crippen LogP contribution in [-0.4, -0.2) is 27.8 Å². The summed E-state index contributed by atoms with van der Waals surface area (Å²) in [7, 11) is 0. The van der Waals surface area contributed by atoms with Gasteiger partial charge in [0.15, 0.2) is 0 Å². The number of nitrogens with zero attached hydrogens (tertiary/aromatic N) is 2. The van der Waals surface area contributed by atoms with E-state index in [9.17, 15) is 14.4 Å². The van der Waals surface area contributed by atoms with Crippen LogP contribution in [0.1, 0.15) is 43.0 Å². The molecule has 2 aromatic carbocycles. The average molecular weight is 415 g/mol. The van der Waals surface area contributed by atoms with Crippen molar-refractivity contribution in [3.8, 4) is 0 Å². The summed E-state index contributed by atoms with van der Waals surface area (Å²) in [6, 6.07) is 17.3. The fraction of sp³-hybridized carbons (Fsp3) is 0.240. The zero-order chi connectivity index (χ0) is 22.0. The molecule has 0 radical (unpaired) electrons. The second-order valence-corrected chi connectivity index (χ2v) is 7.90. The Labute approximate surface area is 180 Å². The molecule has 0 aliphatic carbocycles. The number of rotatable bonds is 5. The summed E-state index contributed by atoms with van der Waals surface area (Å²) in [6.45, 7) is 3.13. The summed E-state index contributed by atoms with van der Waals surface area (Å²) in [6.07, 6.45) is 2.87. The SMILES string of the molecule is Cc1ccccc1C(=O)N1CCc2c(cn(CCc3ccccc3)c(=O)c2C(N)=O)C1. The molecule has 2 N–H and O–H groups in total. The molecule has 0 saturated heterocycles. The maximum Gasteiger partial charge on any atom is 0.263 e. The van der Waals surface area contributed by atoms with Gasteiger partial charge in [0.05, 0.1) is 0 Å². The van der Waals surface area contributed by atoms with Crippen molar-refractivity contribution < 1.29 is 9.59 Å². The first-order valence-electron chi connectivity index (χ1n) is 10.4. The van der Waals surface area contributed by atoms with Crippen molar-refractivity contribution in [2.24, 2.45) is 5.73 Å². The van der Waals surface area contributed by atoms with Crippen LogP contribution in [0, 0.1) is 6.92 Å². The number of amides is 2. The number of hydrogen-bond acceptors (Lipinski definition) is 3. The molecule has 1 aliphatic rings. The minimum atomic E-state index is -0.714. The Hall–Kier alpha value is -3.67. The van der Waals surface area contributed by atoms with Crippen molar-refractivity contribution in [3.63, 3.8) is 0 Å². The first-order chi connectivity index (χ1) is 15.0. The molecule has 0 saturated carbocycles. The molecule has 6 nitrogen and oxygen atoms in total. The van der Waals surface area contributed by atoms with Crippen molar-refractivity contribution in [2.45, 2.75) is 32.9 Å². The summed E-state index contributed by atoms with van der Waals surface area (Å²) in [5.74, 6) is -0.764. The minimum absolute atomic E-state index is 0.0496. The molecule has 2 amide bonds. The predicted molar refractivity (Wildman–Crippen MR) is 119 cm³/mol. The van der Waals surface area contributed by atoms with Crippen molar-refractivity contribution >= 4 is 11.8 Å². The number of aromatic nitrogens is 1. The first-order valence-corrected chi connectivity index (χ1v) is 10.4. The highest BCUT2D eigenvalue weighted by molar-refractivity contribution is 5.96. The van der Waals surface area contributed by atoms with E-state index >= 15 is 0 Å². The molecular formula is C25H25N3O3. The van der Waals surface area contributed by atoms with Crippen molar-refractivity contribution in [2.75, 3.05) is 6.54 Å². The van der Waals surface area contributed by atoms with Gasteiger partial charge in [-0.25, -0.2) is 0 Å². The van der Waals surface area contributed by atoms with Crippen LogP contribution < -0.4 is 11.3 Å². The number of nitrogens with two attached hydrogens (primary N) is 1. The Morgan fingerprint density at radius 2 is 1.74 bits per heavy atom. The van der Waals surface area contributed by atoms with E-state index in [1.165, 1.54) is 0 Å². The Morgan fingerprint density at radius 1 is 1.03 bits per heavy atom. The van der Waals surface area contributed by atoms with Gasteiger partial charge in [-0.1, -0.05) is 48.5 Å².